The summed E-state index contributed by atoms with van der Waals surface area (Å²) in [5.74, 6) is 0.674. The zero-order valence-electron chi connectivity index (χ0n) is 9.90. The highest BCUT2D eigenvalue weighted by atomic mass is 16.5. The highest BCUT2D eigenvalue weighted by Gasteiger charge is 2.23. The molecule has 1 aliphatic rings. The summed E-state index contributed by atoms with van der Waals surface area (Å²) >= 11 is 0. The van der Waals surface area contributed by atoms with Gasteiger partial charge in [-0.3, -0.25) is 4.79 Å². The van der Waals surface area contributed by atoms with E-state index in [2.05, 4.69) is 5.32 Å². The van der Waals surface area contributed by atoms with E-state index in [1.54, 1.807) is 13.2 Å². The van der Waals surface area contributed by atoms with Crippen molar-refractivity contribution < 1.29 is 14.6 Å². The van der Waals surface area contributed by atoms with Crippen LogP contribution in [0.2, 0.25) is 0 Å². The van der Waals surface area contributed by atoms with Crippen molar-refractivity contribution in [2.24, 2.45) is 0 Å². The molecule has 1 aromatic carbocycles. The summed E-state index contributed by atoms with van der Waals surface area (Å²) in [5.41, 5.74) is 1.12. The number of hydrogen-bond acceptors (Lipinski definition) is 4. The molecule has 0 saturated carbocycles. The van der Waals surface area contributed by atoms with Crippen LogP contribution in [-0.2, 0) is 0 Å². The van der Waals surface area contributed by atoms with Gasteiger partial charge in [0.2, 0.25) is 0 Å². The fraction of sp³-hybridized carbons (Fsp3) is 0.462. The average Bonchev–Trinajstić information content (AvgIpc) is 2.39. The zero-order chi connectivity index (χ0) is 12.3. The summed E-state index contributed by atoms with van der Waals surface area (Å²) in [7, 11) is 1.58. The Labute approximate surface area is 101 Å². The molecule has 2 N–H and O–H groups in total. The van der Waals surface area contributed by atoms with Crippen LogP contribution >= 0.6 is 0 Å². The number of carbonyl (C=O) groups excluding carboxylic acids is 1. The predicted molar refractivity (Wildman–Crippen MR) is 64.6 cm³/mol. The van der Waals surface area contributed by atoms with E-state index in [4.69, 9.17) is 4.74 Å². The van der Waals surface area contributed by atoms with Gasteiger partial charge >= 0.3 is 0 Å². The summed E-state index contributed by atoms with van der Waals surface area (Å²) in [6, 6.07) is 3.29. The first-order valence-electron chi connectivity index (χ1n) is 5.86. The maximum Gasteiger partial charge on any atom is 0.154 e. The molecule has 0 aliphatic carbocycles. The predicted octanol–water partition coefficient (Wildman–Crippen LogP) is 2.03. The molecule has 0 aromatic heterocycles. The third-order valence-electron chi connectivity index (χ3n) is 3.22. The van der Waals surface area contributed by atoms with E-state index >= 15 is 0 Å². The Hall–Kier alpha value is -1.55. The van der Waals surface area contributed by atoms with Crippen LogP contribution in [-0.4, -0.2) is 25.0 Å². The molecule has 17 heavy (non-hydrogen) atoms. The van der Waals surface area contributed by atoms with E-state index in [-0.39, 0.29) is 11.8 Å². The number of carbonyl (C=O) groups is 1. The summed E-state index contributed by atoms with van der Waals surface area (Å²) in [4.78, 5) is 11.1. The fourth-order valence-corrected chi connectivity index (χ4v) is 2.36. The van der Waals surface area contributed by atoms with Crippen molar-refractivity contribution in [3.8, 4) is 11.5 Å². The van der Waals surface area contributed by atoms with Crippen molar-refractivity contribution in [2.75, 3.05) is 13.7 Å². The van der Waals surface area contributed by atoms with Gasteiger partial charge in [0.15, 0.2) is 6.29 Å². The van der Waals surface area contributed by atoms with Crippen LogP contribution < -0.4 is 10.1 Å². The molecule has 1 heterocycles. The first-order valence-corrected chi connectivity index (χ1v) is 5.86. The third kappa shape index (κ3) is 2.26. The highest BCUT2D eigenvalue weighted by Crippen LogP contribution is 2.36. The number of rotatable bonds is 3. The van der Waals surface area contributed by atoms with Crippen molar-refractivity contribution in [3.05, 3.63) is 23.3 Å². The lowest BCUT2D eigenvalue weighted by Gasteiger charge is -2.26. The van der Waals surface area contributed by atoms with E-state index in [9.17, 15) is 9.90 Å². The number of ether oxygens (including phenoxy) is 1. The minimum absolute atomic E-state index is 0.0168. The lowest BCUT2D eigenvalue weighted by Crippen LogP contribution is -2.28. The van der Waals surface area contributed by atoms with E-state index in [1.807, 2.05) is 0 Å². The van der Waals surface area contributed by atoms with Gasteiger partial charge in [-0.1, -0.05) is 6.42 Å². The maximum atomic E-state index is 11.1. The topological polar surface area (TPSA) is 58.6 Å². The molecule has 1 aliphatic heterocycles. The number of phenolic OH excluding ortho intramolecular Hbond substituents is 1. The Morgan fingerprint density at radius 2 is 2.29 bits per heavy atom. The van der Waals surface area contributed by atoms with Crippen LogP contribution in [0.1, 0.15) is 41.2 Å². The van der Waals surface area contributed by atoms with E-state index in [1.165, 1.54) is 6.07 Å². The molecule has 1 fully saturated rings. The fourth-order valence-electron chi connectivity index (χ4n) is 2.36. The quantitative estimate of drug-likeness (QED) is 0.787. The van der Waals surface area contributed by atoms with Crippen LogP contribution in [0.3, 0.4) is 0 Å². The Kier molecular flexibility index (Phi) is 3.64. The first-order chi connectivity index (χ1) is 8.27. The molecule has 0 amide bonds. The molecule has 2 rings (SSSR count). The molecular weight excluding hydrogens is 218 g/mol. The maximum absolute atomic E-state index is 11.1. The molecule has 4 nitrogen and oxygen atoms in total. The number of hydrogen-bond donors (Lipinski definition) is 2. The van der Waals surface area contributed by atoms with Gasteiger partial charge in [-0.15, -0.1) is 0 Å². The lowest BCUT2D eigenvalue weighted by molar-refractivity contribution is 0.111. The number of phenols is 1. The van der Waals surface area contributed by atoms with Crippen molar-refractivity contribution in [1.82, 2.24) is 5.32 Å². The third-order valence-corrected chi connectivity index (χ3v) is 3.22. The Balaban J connectivity index is 2.47. The number of aromatic hydroxyl groups is 1. The van der Waals surface area contributed by atoms with Gasteiger partial charge in [0, 0.05) is 11.6 Å². The molecule has 4 heteroatoms. The summed E-state index contributed by atoms with van der Waals surface area (Å²) in [6.07, 6.45) is 3.92. The molecule has 0 radical (unpaired) electrons. The molecular formula is C13H17NO3. The minimum atomic E-state index is 0.0168. The molecule has 1 saturated heterocycles. The van der Waals surface area contributed by atoms with Crippen LogP contribution in [0.5, 0.6) is 11.5 Å². The van der Waals surface area contributed by atoms with Gasteiger partial charge in [-0.05, 0) is 31.5 Å². The van der Waals surface area contributed by atoms with Crippen molar-refractivity contribution in [3.63, 3.8) is 0 Å². The van der Waals surface area contributed by atoms with Gasteiger partial charge in [0.05, 0.1) is 12.7 Å². The Bertz CT molecular complexity index is 411. The molecule has 1 unspecified atom stereocenters. The second-order valence-electron chi connectivity index (χ2n) is 4.23. The highest BCUT2D eigenvalue weighted by molar-refractivity contribution is 5.83. The second kappa shape index (κ2) is 5.19. The van der Waals surface area contributed by atoms with E-state index in [0.717, 1.165) is 31.4 Å². The normalized spacial score (nSPS) is 19.9. The SMILES string of the molecule is COc1ccc(O)c(C=O)c1C1CCCCN1. The van der Waals surface area contributed by atoms with Gasteiger partial charge in [-0.25, -0.2) is 0 Å². The van der Waals surface area contributed by atoms with Crippen LogP contribution in [0.25, 0.3) is 0 Å². The summed E-state index contributed by atoms with van der Waals surface area (Å²) in [5, 5.41) is 13.1. The second-order valence-corrected chi connectivity index (χ2v) is 4.23. The lowest BCUT2D eigenvalue weighted by atomic mass is 9.92. The van der Waals surface area contributed by atoms with Crippen LogP contribution in [0, 0.1) is 0 Å². The van der Waals surface area contributed by atoms with Gasteiger partial charge in [0.25, 0.3) is 0 Å². The van der Waals surface area contributed by atoms with Crippen LogP contribution in [0.15, 0.2) is 12.1 Å². The summed E-state index contributed by atoms with van der Waals surface area (Å²) in [6.45, 7) is 0.932. The Morgan fingerprint density at radius 1 is 1.47 bits per heavy atom. The van der Waals surface area contributed by atoms with Crippen molar-refractivity contribution >= 4 is 6.29 Å². The largest absolute Gasteiger partial charge is 0.507 e. The van der Waals surface area contributed by atoms with Gasteiger partial charge in [-0.2, -0.15) is 0 Å². The smallest absolute Gasteiger partial charge is 0.154 e. The van der Waals surface area contributed by atoms with Crippen molar-refractivity contribution in [2.45, 2.75) is 25.3 Å². The number of benzene rings is 1. The number of nitrogens with one attached hydrogen (secondary N) is 1. The number of aldehydes is 1. The van der Waals surface area contributed by atoms with Crippen molar-refractivity contribution in [1.29, 1.82) is 0 Å². The minimum Gasteiger partial charge on any atom is -0.507 e. The Morgan fingerprint density at radius 3 is 2.88 bits per heavy atom. The standard InChI is InChI=1S/C13H17NO3/c1-17-12-6-5-11(16)9(8-15)13(12)10-4-2-3-7-14-10/h5-6,8,10,14,16H,2-4,7H2,1H3. The number of methoxy groups -OCH3 is 1. The van der Waals surface area contributed by atoms with Gasteiger partial charge < -0.3 is 15.2 Å². The zero-order valence-corrected chi connectivity index (χ0v) is 9.90. The van der Waals surface area contributed by atoms with Crippen LogP contribution in [0.4, 0.5) is 0 Å². The molecule has 1 aromatic rings. The first kappa shape index (κ1) is 11.9. The monoisotopic (exact) mass is 235 g/mol. The molecule has 0 spiro atoms. The molecule has 1 atom stereocenters. The summed E-state index contributed by atoms with van der Waals surface area (Å²) < 4.78 is 5.29. The molecule has 0 bridgehead atoms. The van der Waals surface area contributed by atoms with E-state index in [0.29, 0.717) is 17.6 Å². The average molecular weight is 235 g/mol. The van der Waals surface area contributed by atoms with Gasteiger partial charge in [0.1, 0.15) is 11.5 Å². The van der Waals surface area contributed by atoms with E-state index < -0.39 is 0 Å². The molecule has 92 valence electrons. The number of piperidine rings is 1.